The summed E-state index contributed by atoms with van der Waals surface area (Å²) in [6.07, 6.45) is 1.20. The molecule has 0 aromatic carbocycles. The summed E-state index contributed by atoms with van der Waals surface area (Å²) >= 11 is 1.79. The predicted octanol–water partition coefficient (Wildman–Crippen LogP) is 2.94. The van der Waals surface area contributed by atoms with Crippen LogP contribution in [0, 0.1) is 0 Å². The maximum Gasteiger partial charge on any atom is 0.191 e. The number of rotatable bonds is 11. The largest absolute Gasteiger partial charge is 0.377 e. The van der Waals surface area contributed by atoms with Crippen LogP contribution in [-0.2, 0) is 10.2 Å². The van der Waals surface area contributed by atoms with Crippen molar-refractivity contribution in [2.24, 2.45) is 4.99 Å². The SMILES string of the molecule is CCNC(=NCC(C)(C)c1cccs1)NCC(CCN(C)C)OCC. The van der Waals surface area contributed by atoms with Gasteiger partial charge in [0, 0.05) is 36.5 Å². The van der Waals surface area contributed by atoms with E-state index in [1.165, 1.54) is 4.88 Å². The molecule has 0 amide bonds. The minimum Gasteiger partial charge on any atom is -0.377 e. The molecule has 0 radical (unpaired) electrons. The molecule has 0 fully saturated rings. The highest BCUT2D eigenvalue weighted by atomic mass is 32.1. The van der Waals surface area contributed by atoms with E-state index in [0.29, 0.717) is 0 Å². The minimum absolute atomic E-state index is 0.0424. The molecule has 0 saturated carbocycles. The Morgan fingerprint density at radius 2 is 2.08 bits per heavy atom. The Kier molecular flexibility index (Phi) is 10.1. The molecule has 0 aliphatic carbocycles. The van der Waals surface area contributed by atoms with Crippen LogP contribution in [0.3, 0.4) is 0 Å². The van der Waals surface area contributed by atoms with Gasteiger partial charge in [-0.25, -0.2) is 0 Å². The van der Waals surface area contributed by atoms with Crippen molar-refractivity contribution >= 4 is 17.3 Å². The van der Waals surface area contributed by atoms with Crippen LogP contribution in [-0.4, -0.2) is 63.8 Å². The van der Waals surface area contributed by atoms with E-state index >= 15 is 0 Å². The Labute approximate surface area is 157 Å². The van der Waals surface area contributed by atoms with Crippen LogP contribution in [0.25, 0.3) is 0 Å². The average Bonchev–Trinajstić information content (AvgIpc) is 3.10. The van der Waals surface area contributed by atoms with E-state index in [1.54, 1.807) is 11.3 Å². The van der Waals surface area contributed by atoms with Gasteiger partial charge in [0.05, 0.1) is 12.6 Å². The van der Waals surface area contributed by atoms with Gasteiger partial charge in [0.25, 0.3) is 0 Å². The predicted molar refractivity (Wildman–Crippen MR) is 110 cm³/mol. The summed E-state index contributed by atoms with van der Waals surface area (Å²) in [7, 11) is 4.18. The highest BCUT2D eigenvalue weighted by Crippen LogP contribution is 2.27. The second-order valence-electron chi connectivity index (χ2n) is 7.11. The first-order valence-corrected chi connectivity index (χ1v) is 10.1. The molecule has 0 aliphatic heterocycles. The fourth-order valence-corrected chi connectivity index (χ4v) is 3.30. The number of thiophene rings is 1. The lowest BCUT2D eigenvalue weighted by atomic mass is 9.92. The molecular weight excluding hydrogens is 332 g/mol. The molecule has 1 heterocycles. The van der Waals surface area contributed by atoms with Gasteiger partial charge in [-0.2, -0.15) is 0 Å². The summed E-state index contributed by atoms with van der Waals surface area (Å²) in [5, 5.41) is 8.91. The molecule has 6 heteroatoms. The number of hydrogen-bond donors (Lipinski definition) is 2. The second-order valence-corrected chi connectivity index (χ2v) is 8.05. The maximum absolute atomic E-state index is 5.85. The maximum atomic E-state index is 5.85. The Morgan fingerprint density at radius 1 is 1.32 bits per heavy atom. The molecule has 0 spiro atoms. The number of ether oxygens (including phenoxy) is 1. The van der Waals surface area contributed by atoms with Crippen molar-refractivity contribution in [3.05, 3.63) is 22.4 Å². The number of aliphatic imine (C=N–C) groups is 1. The van der Waals surface area contributed by atoms with Crippen molar-refractivity contribution in [2.45, 2.75) is 45.6 Å². The summed E-state index contributed by atoms with van der Waals surface area (Å²) < 4.78 is 5.85. The van der Waals surface area contributed by atoms with Crippen LogP contribution < -0.4 is 10.6 Å². The van der Waals surface area contributed by atoms with E-state index in [9.17, 15) is 0 Å². The fourth-order valence-electron chi connectivity index (χ4n) is 2.45. The highest BCUT2D eigenvalue weighted by Gasteiger charge is 2.21. The Bertz CT molecular complexity index is 486. The molecule has 144 valence electrons. The molecule has 2 N–H and O–H groups in total. The van der Waals surface area contributed by atoms with Crippen LogP contribution in [0.5, 0.6) is 0 Å². The van der Waals surface area contributed by atoms with Gasteiger partial charge in [-0.15, -0.1) is 11.3 Å². The highest BCUT2D eigenvalue weighted by molar-refractivity contribution is 7.10. The summed E-state index contributed by atoms with van der Waals surface area (Å²) in [5.74, 6) is 0.863. The first kappa shape index (κ1) is 21.9. The summed E-state index contributed by atoms with van der Waals surface area (Å²) in [5.41, 5.74) is 0.0424. The molecular formula is C19H36N4OS. The van der Waals surface area contributed by atoms with Gasteiger partial charge in [-0.05, 0) is 45.8 Å². The van der Waals surface area contributed by atoms with Gasteiger partial charge in [0.1, 0.15) is 0 Å². The van der Waals surface area contributed by atoms with Crippen molar-refractivity contribution in [1.82, 2.24) is 15.5 Å². The lowest BCUT2D eigenvalue weighted by Gasteiger charge is -2.23. The number of nitrogens with one attached hydrogen (secondary N) is 2. The monoisotopic (exact) mass is 368 g/mol. The molecule has 1 atom stereocenters. The first-order valence-electron chi connectivity index (χ1n) is 9.21. The Hall–Kier alpha value is -1.11. The topological polar surface area (TPSA) is 48.9 Å². The summed E-state index contributed by atoms with van der Waals surface area (Å²) in [6.45, 7) is 12.7. The molecule has 0 saturated heterocycles. The lowest BCUT2D eigenvalue weighted by molar-refractivity contribution is 0.0548. The molecule has 1 unspecified atom stereocenters. The van der Waals surface area contributed by atoms with Crippen LogP contribution in [0.2, 0.25) is 0 Å². The van der Waals surface area contributed by atoms with Gasteiger partial charge >= 0.3 is 0 Å². The van der Waals surface area contributed by atoms with Crippen LogP contribution in [0.15, 0.2) is 22.5 Å². The van der Waals surface area contributed by atoms with E-state index in [1.807, 2.05) is 6.92 Å². The number of guanidine groups is 1. The lowest BCUT2D eigenvalue weighted by Crippen LogP contribution is -2.43. The molecule has 5 nitrogen and oxygen atoms in total. The van der Waals surface area contributed by atoms with Crippen LogP contribution in [0.1, 0.15) is 39.0 Å². The third kappa shape index (κ3) is 8.70. The molecule has 25 heavy (non-hydrogen) atoms. The normalized spacial score (nSPS) is 14.0. The van der Waals surface area contributed by atoms with E-state index in [2.05, 4.69) is 67.9 Å². The zero-order valence-electron chi connectivity index (χ0n) is 16.8. The number of nitrogens with zero attached hydrogens (tertiary/aromatic N) is 2. The quantitative estimate of drug-likeness (QED) is 0.466. The zero-order chi connectivity index (χ0) is 18.7. The van der Waals surface area contributed by atoms with E-state index in [-0.39, 0.29) is 11.5 Å². The van der Waals surface area contributed by atoms with E-state index in [4.69, 9.17) is 9.73 Å². The first-order chi connectivity index (χ1) is 11.9. The minimum atomic E-state index is 0.0424. The van der Waals surface area contributed by atoms with Crippen molar-refractivity contribution in [1.29, 1.82) is 0 Å². The molecule has 1 aromatic rings. The third-order valence-corrected chi connectivity index (χ3v) is 5.20. The van der Waals surface area contributed by atoms with Crippen LogP contribution >= 0.6 is 11.3 Å². The van der Waals surface area contributed by atoms with Gasteiger partial charge in [0.15, 0.2) is 5.96 Å². The van der Waals surface area contributed by atoms with E-state index < -0.39 is 0 Å². The Balaban J connectivity index is 2.61. The van der Waals surface area contributed by atoms with E-state index in [0.717, 1.165) is 45.2 Å². The van der Waals surface area contributed by atoms with Gasteiger partial charge < -0.3 is 20.3 Å². The zero-order valence-corrected chi connectivity index (χ0v) is 17.6. The smallest absolute Gasteiger partial charge is 0.191 e. The molecule has 1 aromatic heterocycles. The number of hydrogen-bond acceptors (Lipinski definition) is 4. The molecule has 1 rings (SSSR count). The van der Waals surface area contributed by atoms with Crippen molar-refractivity contribution < 1.29 is 4.74 Å². The van der Waals surface area contributed by atoms with Crippen molar-refractivity contribution in [3.63, 3.8) is 0 Å². The van der Waals surface area contributed by atoms with Gasteiger partial charge in [-0.1, -0.05) is 19.9 Å². The molecule has 0 bridgehead atoms. The van der Waals surface area contributed by atoms with Crippen molar-refractivity contribution in [3.8, 4) is 0 Å². The van der Waals surface area contributed by atoms with Crippen LogP contribution in [0.4, 0.5) is 0 Å². The van der Waals surface area contributed by atoms with Crippen molar-refractivity contribution in [2.75, 3.05) is 46.9 Å². The standard InChI is InChI=1S/C19H36N4OS/c1-7-20-18(21-14-16(24-8-2)11-12-23(5)6)22-15-19(3,4)17-10-9-13-25-17/h9-10,13,16H,7-8,11-12,14-15H2,1-6H3,(H2,20,21,22). The summed E-state index contributed by atoms with van der Waals surface area (Å²) in [6, 6.07) is 4.29. The van der Waals surface area contributed by atoms with Gasteiger partial charge in [-0.3, -0.25) is 4.99 Å². The Morgan fingerprint density at radius 3 is 2.64 bits per heavy atom. The molecule has 0 aliphatic rings. The average molecular weight is 369 g/mol. The third-order valence-electron chi connectivity index (χ3n) is 3.96. The fraction of sp³-hybridized carbons (Fsp3) is 0.737. The summed E-state index contributed by atoms with van der Waals surface area (Å²) in [4.78, 5) is 8.36. The van der Waals surface area contributed by atoms with Gasteiger partial charge in [0.2, 0.25) is 0 Å². The second kappa shape index (κ2) is 11.5.